The molecule has 0 bridgehead atoms. The van der Waals surface area contributed by atoms with Gasteiger partial charge in [-0.05, 0) is 35.7 Å². The Bertz CT molecular complexity index is 830. The molecular formula is C17H11Cl2NO. The van der Waals surface area contributed by atoms with Crippen LogP contribution in [0.15, 0.2) is 60.7 Å². The lowest BCUT2D eigenvalue weighted by Gasteiger charge is -2.09. The quantitative estimate of drug-likeness (QED) is 0.674. The van der Waals surface area contributed by atoms with E-state index in [0.29, 0.717) is 21.3 Å². The van der Waals surface area contributed by atoms with Crippen molar-refractivity contribution in [2.24, 2.45) is 0 Å². The highest BCUT2D eigenvalue weighted by Gasteiger charge is 2.11. The number of nitrogens with one attached hydrogen (secondary N) is 1. The van der Waals surface area contributed by atoms with Gasteiger partial charge in [-0.2, -0.15) is 0 Å². The second kappa shape index (κ2) is 5.76. The predicted molar refractivity (Wildman–Crippen MR) is 88.4 cm³/mol. The maximum absolute atomic E-state index is 12.5. The number of hydrogen-bond acceptors (Lipinski definition) is 1. The van der Waals surface area contributed by atoms with Crippen molar-refractivity contribution in [3.05, 3.63) is 76.3 Å². The molecule has 0 saturated carbocycles. The molecular weight excluding hydrogens is 305 g/mol. The molecule has 1 amide bonds. The number of benzene rings is 3. The summed E-state index contributed by atoms with van der Waals surface area (Å²) in [6.45, 7) is 0. The molecule has 0 saturated heterocycles. The first-order valence-electron chi connectivity index (χ1n) is 6.39. The summed E-state index contributed by atoms with van der Waals surface area (Å²) in [4.78, 5) is 12.5. The fourth-order valence-corrected chi connectivity index (χ4v) is 2.66. The van der Waals surface area contributed by atoms with Crippen LogP contribution < -0.4 is 5.32 Å². The molecule has 3 rings (SSSR count). The Hall–Kier alpha value is -2.03. The highest BCUT2D eigenvalue weighted by molar-refractivity contribution is 6.36. The van der Waals surface area contributed by atoms with Crippen LogP contribution in [-0.4, -0.2) is 5.91 Å². The van der Waals surface area contributed by atoms with Crippen LogP contribution >= 0.6 is 23.2 Å². The van der Waals surface area contributed by atoms with Gasteiger partial charge in [-0.1, -0.05) is 53.5 Å². The predicted octanol–water partition coefficient (Wildman–Crippen LogP) is 5.40. The molecule has 104 valence electrons. The second-order valence-electron chi connectivity index (χ2n) is 4.61. The van der Waals surface area contributed by atoms with E-state index in [9.17, 15) is 4.79 Å². The van der Waals surface area contributed by atoms with Crippen molar-refractivity contribution >= 4 is 45.6 Å². The smallest absolute Gasteiger partial charge is 0.256 e. The van der Waals surface area contributed by atoms with Gasteiger partial charge in [0, 0.05) is 26.7 Å². The number of carbonyl (C=O) groups is 1. The minimum Gasteiger partial charge on any atom is -0.322 e. The van der Waals surface area contributed by atoms with Gasteiger partial charge in [0.2, 0.25) is 0 Å². The first-order chi connectivity index (χ1) is 10.1. The SMILES string of the molecule is O=C(Nc1cccc(Cl)c1)c1cccc2c(Cl)cccc12. The van der Waals surface area contributed by atoms with E-state index in [1.165, 1.54) is 0 Å². The van der Waals surface area contributed by atoms with Crippen LogP contribution in [0.2, 0.25) is 10.0 Å². The Balaban J connectivity index is 2.00. The number of fused-ring (bicyclic) bond motifs is 1. The zero-order valence-electron chi connectivity index (χ0n) is 10.9. The summed E-state index contributed by atoms with van der Waals surface area (Å²) in [7, 11) is 0. The summed E-state index contributed by atoms with van der Waals surface area (Å²) in [5.74, 6) is -0.190. The fourth-order valence-electron chi connectivity index (χ4n) is 2.23. The van der Waals surface area contributed by atoms with E-state index in [1.807, 2.05) is 30.3 Å². The van der Waals surface area contributed by atoms with Crippen LogP contribution in [0.1, 0.15) is 10.4 Å². The molecule has 0 aliphatic carbocycles. The van der Waals surface area contributed by atoms with Gasteiger partial charge in [-0.15, -0.1) is 0 Å². The molecule has 0 atom stereocenters. The summed E-state index contributed by atoms with van der Waals surface area (Å²) < 4.78 is 0. The summed E-state index contributed by atoms with van der Waals surface area (Å²) in [6.07, 6.45) is 0. The molecule has 0 spiro atoms. The van der Waals surface area contributed by atoms with E-state index < -0.39 is 0 Å². The monoisotopic (exact) mass is 315 g/mol. The minimum atomic E-state index is -0.190. The van der Waals surface area contributed by atoms with Crippen molar-refractivity contribution in [2.75, 3.05) is 5.32 Å². The van der Waals surface area contributed by atoms with Crippen LogP contribution in [0, 0.1) is 0 Å². The number of carbonyl (C=O) groups excluding carboxylic acids is 1. The van der Waals surface area contributed by atoms with Crippen molar-refractivity contribution in [3.63, 3.8) is 0 Å². The minimum absolute atomic E-state index is 0.190. The van der Waals surface area contributed by atoms with Crippen molar-refractivity contribution in [3.8, 4) is 0 Å². The van der Waals surface area contributed by atoms with Crippen LogP contribution in [0.25, 0.3) is 10.8 Å². The zero-order valence-corrected chi connectivity index (χ0v) is 12.4. The summed E-state index contributed by atoms with van der Waals surface area (Å²) in [6, 6.07) is 18.1. The highest BCUT2D eigenvalue weighted by Crippen LogP contribution is 2.26. The molecule has 0 aliphatic heterocycles. The van der Waals surface area contributed by atoms with Crippen molar-refractivity contribution in [1.29, 1.82) is 0 Å². The summed E-state index contributed by atoms with van der Waals surface area (Å²) >= 11 is 12.1. The highest BCUT2D eigenvalue weighted by atomic mass is 35.5. The Kier molecular flexibility index (Phi) is 3.82. The van der Waals surface area contributed by atoms with Crippen molar-refractivity contribution < 1.29 is 4.79 Å². The maximum Gasteiger partial charge on any atom is 0.256 e. The number of hydrogen-bond donors (Lipinski definition) is 1. The van der Waals surface area contributed by atoms with E-state index in [4.69, 9.17) is 23.2 Å². The number of halogens is 2. The number of amides is 1. The standard InChI is InChI=1S/C17H11Cl2NO/c18-11-4-1-5-12(10-11)20-17(21)15-8-2-7-14-13(15)6-3-9-16(14)19/h1-10H,(H,20,21). The molecule has 0 radical (unpaired) electrons. The molecule has 0 unspecified atom stereocenters. The topological polar surface area (TPSA) is 29.1 Å². The van der Waals surface area contributed by atoms with E-state index in [0.717, 1.165) is 10.8 Å². The third-order valence-electron chi connectivity index (χ3n) is 3.20. The Labute approximate surface area is 132 Å². The molecule has 2 nitrogen and oxygen atoms in total. The lowest BCUT2D eigenvalue weighted by Crippen LogP contribution is -2.12. The van der Waals surface area contributed by atoms with Gasteiger partial charge in [-0.3, -0.25) is 4.79 Å². The Morgan fingerprint density at radius 2 is 1.57 bits per heavy atom. The van der Waals surface area contributed by atoms with Gasteiger partial charge < -0.3 is 5.32 Å². The van der Waals surface area contributed by atoms with Gasteiger partial charge in [0.05, 0.1) is 0 Å². The van der Waals surface area contributed by atoms with Gasteiger partial charge in [0.15, 0.2) is 0 Å². The molecule has 21 heavy (non-hydrogen) atoms. The van der Waals surface area contributed by atoms with Crippen LogP contribution in [-0.2, 0) is 0 Å². The van der Waals surface area contributed by atoms with E-state index >= 15 is 0 Å². The zero-order chi connectivity index (χ0) is 14.8. The van der Waals surface area contributed by atoms with Crippen LogP contribution in [0.5, 0.6) is 0 Å². The molecule has 0 aliphatic rings. The first-order valence-corrected chi connectivity index (χ1v) is 7.15. The van der Waals surface area contributed by atoms with Crippen molar-refractivity contribution in [2.45, 2.75) is 0 Å². The lowest BCUT2D eigenvalue weighted by molar-refractivity contribution is 0.102. The summed E-state index contributed by atoms with van der Waals surface area (Å²) in [5.41, 5.74) is 1.24. The maximum atomic E-state index is 12.5. The average Bonchev–Trinajstić information content (AvgIpc) is 2.47. The van der Waals surface area contributed by atoms with E-state index in [1.54, 1.807) is 30.3 Å². The average molecular weight is 316 g/mol. The number of anilines is 1. The van der Waals surface area contributed by atoms with Gasteiger partial charge in [0.25, 0.3) is 5.91 Å². The largest absolute Gasteiger partial charge is 0.322 e. The third-order valence-corrected chi connectivity index (χ3v) is 3.76. The third kappa shape index (κ3) is 2.87. The van der Waals surface area contributed by atoms with Crippen LogP contribution in [0.4, 0.5) is 5.69 Å². The van der Waals surface area contributed by atoms with Gasteiger partial charge in [0.1, 0.15) is 0 Å². The molecule has 3 aromatic rings. The van der Waals surface area contributed by atoms with E-state index in [-0.39, 0.29) is 5.91 Å². The molecule has 0 heterocycles. The molecule has 4 heteroatoms. The Morgan fingerprint density at radius 1 is 0.857 bits per heavy atom. The number of rotatable bonds is 2. The molecule has 0 fully saturated rings. The van der Waals surface area contributed by atoms with Gasteiger partial charge >= 0.3 is 0 Å². The fraction of sp³-hybridized carbons (Fsp3) is 0. The Morgan fingerprint density at radius 3 is 2.38 bits per heavy atom. The molecule has 3 aromatic carbocycles. The van der Waals surface area contributed by atoms with Crippen LogP contribution in [0.3, 0.4) is 0 Å². The normalized spacial score (nSPS) is 10.6. The second-order valence-corrected chi connectivity index (χ2v) is 5.45. The van der Waals surface area contributed by atoms with Crippen molar-refractivity contribution in [1.82, 2.24) is 0 Å². The molecule has 0 aromatic heterocycles. The van der Waals surface area contributed by atoms with Gasteiger partial charge in [-0.25, -0.2) is 0 Å². The molecule has 1 N–H and O–H groups in total. The first kappa shape index (κ1) is 13.9. The van der Waals surface area contributed by atoms with E-state index in [2.05, 4.69) is 5.32 Å². The lowest BCUT2D eigenvalue weighted by atomic mass is 10.0. The summed E-state index contributed by atoms with van der Waals surface area (Å²) in [5, 5.41) is 5.73.